The predicted octanol–water partition coefficient (Wildman–Crippen LogP) is 5.07. The van der Waals surface area contributed by atoms with Gasteiger partial charge in [-0.15, -0.1) is 0 Å². The van der Waals surface area contributed by atoms with Crippen LogP contribution in [-0.2, 0) is 4.79 Å². The lowest BCUT2D eigenvalue weighted by Crippen LogP contribution is -2.44. The molecule has 3 atom stereocenters. The summed E-state index contributed by atoms with van der Waals surface area (Å²) >= 11 is 0. The average molecular weight is 562 g/mol. The summed E-state index contributed by atoms with van der Waals surface area (Å²) in [7, 11) is 1.26. The van der Waals surface area contributed by atoms with E-state index in [1.54, 1.807) is 32.9 Å². The molecule has 0 aliphatic carbocycles. The van der Waals surface area contributed by atoms with Crippen molar-refractivity contribution in [3.8, 4) is 17.2 Å². The summed E-state index contributed by atoms with van der Waals surface area (Å²) in [6.45, 7) is 2.12. The molecule has 4 rings (SSSR count). The van der Waals surface area contributed by atoms with Crippen LogP contribution in [0.25, 0.3) is 0 Å². The van der Waals surface area contributed by atoms with Crippen molar-refractivity contribution in [3.63, 3.8) is 0 Å². The molecule has 0 bridgehead atoms. The van der Waals surface area contributed by atoms with Crippen LogP contribution in [-0.4, -0.2) is 48.7 Å². The van der Waals surface area contributed by atoms with Crippen LogP contribution in [0.15, 0.2) is 54.7 Å². The Balaban J connectivity index is 1.76. The molecule has 0 radical (unpaired) electrons. The highest BCUT2D eigenvalue weighted by atomic mass is 19.3. The normalized spacial score (nSPS) is 18.8. The maximum atomic E-state index is 15.3. The smallest absolute Gasteiger partial charge is 0.387 e. The minimum atomic E-state index is -3.05. The second-order valence-electron chi connectivity index (χ2n) is 9.33. The second-order valence-corrected chi connectivity index (χ2v) is 9.33. The second kappa shape index (κ2) is 11.8. The van der Waals surface area contributed by atoms with Crippen LogP contribution in [0.5, 0.6) is 17.2 Å². The summed E-state index contributed by atoms with van der Waals surface area (Å²) in [6.07, 6.45) is 1.18. The van der Waals surface area contributed by atoms with Crippen molar-refractivity contribution in [1.82, 2.24) is 10.3 Å². The number of nitrogens with zero attached hydrogens (tertiary/aromatic N) is 2. The standard InChI is InChI=1S/C28H27F4N3O5/c1-14(2)39-21-6-5-11-33-25(21)35-15(3)22(23-19(29)12-18(38-4)13-20(23)30)24(27(35)37)34-26(36)16-7-9-17(10-8-16)40-28(31)32/h5-15,22,24,28H,1-4H3,(H,34,36)/t15-,22-,24?/m0/s1. The number of hydrogen-bond donors (Lipinski definition) is 1. The van der Waals surface area contributed by atoms with Crippen LogP contribution in [0.4, 0.5) is 23.4 Å². The lowest BCUT2D eigenvalue weighted by molar-refractivity contribution is -0.119. The van der Waals surface area contributed by atoms with E-state index in [4.69, 9.17) is 9.47 Å². The van der Waals surface area contributed by atoms with Crippen molar-refractivity contribution < 1.29 is 41.4 Å². The van der Waals surface area contributed by atoms with Gasteiger partial charge in [-0.05, 0) is 57.2 Å². The Morgan fingerprint density at radius 1 is 1.02 bits per heavy atom. The summed E-state index contributed by atoms with van der Waals surface area (Å²) in [5.41, 5.74) is -0.408. The average Bonchev–Trinajstić information content (AvgIpc) is 3.12. The predicted molar refractivity (Wildman–Crippen MR) is 137 cm³/mol. The van der Waals surface area contributed by atoms with Crippen molar-refractivity contribution >= 4 is 17.6 Å². The molecule has 0 spiro atoms. The number of ether oxygens (including phenoxy) is 3. The largest absolute Gasteiger partial charge is 0.497 e. The molecule has 1 aliphatic rings. The third kappa shape index (κ3) is 5.80. The number of alkyl halides is 2. The topological polar surface area (TPSA) is 90.0 Å². The van der Waals surface area contributed by atoms with Crippen molar-refractivity contribution in [1.29, 1.82) is 0 Å². The van der Waals surface area contributed by atoms with Crippen molar-refractivity contribution in [2.45, 2.75) is 51.5 Å². The zero-order valence-corrected chi connectivity index (χ0v) is 22.0. The van der Waals surface area contributed by atoms with E-state index >= 15 is 8.78 Å². The van der Waals surface area contributed by atoms with E-state index in [0.717, 1.165) is 24.3 Å². The number of hydrogen-bond acceptors (Lipinski definition) is 6. The van der Waals surface area contributed by atoms with Gasteiger partial charge in [0.15, 0.2) is 11.6 Å². The molecule has 1 saturated heterocycles. The molecule has 40 heavy (non-hydrogen) atoms. The zero-order chi connectivity index (χ0) is 29.1. The van der Waals surface area contributed by atoms with Crippen LogP contribution in [0, 0.1) is 11.6 Å². The number of pyridine rings is 1. The summed E-state index contributed by atoms with van der Waals surface area (Å²) in [5.74, 6) is -4.40. The van der Waals surface area contributed by atoms with E-state index in [0.29, 0.717) is 0 Å². The summed E-state index contributed by atoms with van der Waals surface area (Å²) in [5, 5.41) is 2.57. The molecule has 0 saturated carbocycles. The lowest BCUT2D eigenvalue weighted by atomic mass is 9.87. The van der Waals surface area contributed by atoms with E-state index < -0.39 is 53.6 Å². The maximum absolute atomic E-state index is 15.3. The highest BCUT2D eigenvalue weighted by Gasteiger charge is 2.51. The van der Waals surface area contributed by atoms with Gasteiger partial charge in [-0.25, -0.2) is 13.8 Å². The van der Waals surface area contributed by atoms with Gasteiger partial charge < -0.3 is 19.5 Å². The van der Waals surface area contributed by atoms with Gasteiger partial charge in [-0.1, -0.05) is 0 Å². The van der Waals surface area contributed by atoms with Crippen LogP contribution >= 0.6 is 0 Å². The van der Waals surface area contributed by atoms with Crippen LogP contribution in [0.3, 0.4) is 0 Å². The van der Waals surface area contributed by atoms with Gasteiger partial charge in [-0.2, -0.15) is 8.78 Å². The first kappa shape index (κ1) is 28.7. The highest BCUT2D eigenvalue weighted by molar-refractivity contribution is 6.05. The third-order valence-corrected chi connectivity index (χ3v) is 6.38. The van der Waals surface area contributed by atoms with Gasteiger partial charge >= 0.3 is 6.61 Å². The number of benzene rings is 2. The Kier molecular flexibility index (Phi) is 8.46. The fourth-order valence-electron chi connectivity index (χ4n) is 4.72. The quantitative estimate of drug-likeness (QED) is 0.367. The maximum Gasteiger partial charge on any atom is 0.387 e. The first-order valence-electron chi connectivity index (χ1n) is 12.3. The Morgan fingerprint density at radius 2 is 1.68 bits per heavy atom. The minimum absolute atomic E-state index is 0.0108. The molecule has 8 nitrogen and oxygen atoms in total. The molecule has 1 aromatic heterocycles. The van der Waals surface area contributed by atoms with E-state index in [9.17, 15) is 18.4 Å². The molecule has 1 aliphatic heterocycles. The molecule has 1 fully saturated rings. The van der Waals surface area contributed by atoms with Crippen LogP contribution in [0.1, 0.15) is 42.6 Å². The van der Waals surface area contributed by atoms with Crippen LogP contribution < -0.4 is 24.4 Å². The number of aromatic nitrogens is 1. The molecule has 2 amide bonds. The fraction of sp³-hybridized carbons (Fsp3) is 0.321. The van der Waals surface area contributed by atoms with Crippen molar-refractivity contribution in [2.24, 2.45) is 0 Å². The highest BCUT2D eigenvalue weighted by Crippen LogP contribution is 2.42. The Hall–Kier alpha value is -4.35. The SMILES string of the molecule is COc1cc(F)c([C@H]2C(NC(=O)c3ccc(OC(F)F)cc3)C(=O)N(c3ncccc3OC(C)C)[C@H]2C)c(F)c1. The van der Waals surface area contributed by atoms with Crippen LogP contribution in [0.2, 0.25) is 0 Å². The Labute approximate surface area is 227 Å². The summed E-state index contributed by atoms with van der Waals surface area (Å²) in [6, 6.07) is 7.68. The van der Waals surface area contributed by atoms with Gasteiger partial charge in [0.25, 0.3) is 11.8 Å². The molecule has 1 unspecified atom stereocenters. The van der Waals surface area contributed by atoms with Crippen molar-refractivity contribution in [3.05, 3.63) is 77.5 Å². The van der Waals surface area contributed by atoms with E-state index in [2.05, 4.69) is 15.0 Å². The monoisotopic (exact) mass is 561 g/mol. The Bertz CT molecular complexity index is 1360. The number of amides is 2. The van der Waals surface area contributed by atoms with Gasteiger partial charge in [0.05, 0.1) is 13.2 Å². The fourth-order valence-corrected chi connectivity index (χ4v) is 4.72. The van der Waals surface area contributed by atoms with Gasteiger partial charge in [0, 0.05) is 41.4 Å². The molecule has 2 heterocycles. The first-order chi connectivity index (χ1) is 19.0. The lowest BCUT2D eigenvalue weighted by Gasteiger charge is -2.26. The number of carbonyl (C=O) groups excluding carboxylic acids is 2. The summed E-state index contributed by atoms with van der Waals surface area (Å²) < 4.78 is 70.7. The number of nitrogens with one attached hydrogen (secondary N) is 1. The van der Waals surface area contributed by atoms with Gasteiger partial charge in [0.1, 0.15) is 29.2 Å². The van der Waals surface area contributed by atoms with E-state index in [1.165, 1.54) is 30.3 Å². The molecule has 2 aromatic carbocycles. The number of anilines is 1. The first-order valence-corrected chi connectivity index (χ1v) is 12.3. The molecular weight excluding hydrogens is 534 g/mol. The molecular formula is C28H27F4N3O5. The number of methoxy groups -OCH3 is 1. The molecule has 12 heteroatoms. The van der Waals surface area contributed by atoms with E-state index in [1.807, 2.05) is 0 Å². The third-order valence-electron chi connectivity index (χ3n) is 6.38. The van der Waals surface area contributed by atoms with Gasteiger partial charge in [-0.3, -0.25) is 14.5 Å². The molecule has 212 valence electrons. The molecule has 3 aromatic rings. The molecule has 1 N–H and O–H groups in total. The van der Waals surface area contributed by atoms with E-state index in [-0.39, 0.29) is 34.7 Å². The van der Waals surface area contributed by atoms with Gasteiger partial charge in [0.2, 0.25) is 0 Å². The zero-order valence-electron chi connectivity index (χ0n) is 22.0. The number of rotatable bonds is 9. The van der Waals surface area contributed by atoms with Crippen molar-refractivity contribution in [2.75, 3.05) is 12.0 Å². The Morgan fingerprint density at radius 3 is 2.25 bits per heavy atom. The number of halogens is 4. The number of carbonyl (C=O) groups is 2. The minimum Gasteiger partial charge on any atom is -0.497 e. The summed E-state index contributed by atoms with van der Waals surface area (Å²) in [4.78, 5) is 32.6.